The van der Waals surface area contributed by atoms with Crippen molar-refractivity contribution in [1.82, 2.24) is 19.6 Å². The van der Waals surface area contributed by atoms with Crippen molar-refractivity contribution in [2.45, 2.75) is 0 Å². The van der Waals surface area contributed by atoms with E-state index in [1.807, 2.05) is 30.3 Å². The summed E-state index contributed by atoms with van der Waals surface area (Å²) in [6, 6.07) is 15.7. The maximum atomic E-state index is 13.8. The molecule has 0 atom stereocenters. The van der Waals surface area contributed by atoms with Crippen LogP contribution in [0.15, 0.2) is 67.0 Å². The van der Waals surface area contributed by atoms with E-state index in [-0.39, 0.29) is 0 Å². The zero-order valence-electron chi connectivity index (χ0n) is 14.5. The number of hydrogen-bond acceptors (Lipinski definition) is 5. The minimum Gasteiger partial charge on any atom is -0.505 e. The van der Waals surface area contributed by atoms with Crippen molar-refractivity contribution in [3.05, 3.63) is 72.8 Å². The maximum absolute atomic E-state index is 13.8. The van der Waals surface area contributed by atoms with Crippen LogP contribution in [0.2, 0.25) is 0 Å². The second-order valence-electron chi connectivity index (χ2n) is 6.44. The molecule has 7 heteroatoms. The van der Waals surface area contributed by atoms with Crippen LogP contribution < -0.4 is 5.73 Å². The molecule has 0 aliphatic rings. The number of aromatic hydroxyl groups is 1. The lowest BCUT2D eigenvalue weighted by molar-refractivity contribution is 0.432. The molecular weight excluding hydrogens is 357 g/mol. The summed E-state index contributed by atoms with van der Waals surface area (Å²) in [5.74, 6) is -0.714. The Morgan fingerprint density at radius 1 is 0.964 bits per heavy atom. The number of aromatic nitrogens is 4. The first kappa shape index (κ1) is 16.2. The number of pyridine rings is 1. The molecule has 28 heavy (non-hydrogen) atoms. The predicted octanol–water partition coefficient (Wildman–Crippen LogP) is 4.04. The van der Waals surface area contributed by atoms with Crippen molar-refractivity contribution >= 4 is 22.4 Å². The molecule has 6 nitrogen and oxygen atoms in total. The summed E-state index contributed by atoms with van der Waals surface area (Å²) in [6.07, 6.45) is 3.32. The first-order chi connectivity index (χ1) is 13.6. The van der Waals surface area contributed by atoms with Gasteiger partial charge < -0.3 is 10.8 Å². The molecule has 0 amide bonds. The molecule has 136 valence electrons. The van der Waals surface area contributed by atoms with Gasteiger partial charge in [0, 0.05) is 28.8 Å². The summed E-state index contributed by atoms with van der Waals surface area (Å²) in [6.45, 7) is 0. The average molecular weight is 371 g/mol. The summed E-state index contributed by atoms with van der Waals surface area (Å²) in [7, 11) is 0. The molecule has 0 aliphatic carbocycles. The molecule has 0 saturated heterocycles. The number of phenolic OH excluding ortho intramolecular Hbond substituents is 1. The zero-order chi connectivity index (χ0) is 19.3. The Hall–Kier alpha value is -4.00. The highest BCUT2D eigenvalue weighted by molar-refractivity contribution is 5.85. The molecule has 2 aromatic carbocycles. The Bertz CT molecular complexity index is 1360. The number of anilines is 1. The fraction of sp³-hybridized carbons (Fsp3) is 0. The van der Waals surface area contributed by atoms with Crippen LogP contribution in [0.5, 0.6) is 5.75 Å². The number of para-hydroxylation sites is 1. The SMILES string of the molecule is Nc1cc(-c2cnc3ccccc3c2)nc2c(-c3ccc(O)c(F)c3)cnn12. The molecule has 3 aromatic heterocycles. The van der Waals surface area contributed by atoms with Gasteiger partial charge in [-0.1, -0.05) is 24.3 Å². The van der Waals surface area contributed by atoms with E-state index in [1.165, 1.54) is 16.6 Å². The summed E-state index contributed by atoms with van der Waals surface area (Å²) >= 11 is 0. The van der Waals surface area contributed by atoms with Gasteiger partial charge in [0.05, 0.1) is 17.4 Å². The molecular formula is C21H14FN5O. The fourth-order valence-electron chi connectivity index (χ4n) is 3.22. The van der Waals surface area contributed by atoms with Crippen LogP contribution in [0.1, 0.15) is 0 Å². The van der Waals surface area contributed by atoms with Crippen molar-refractivity contribution in [2.75, 3.05) is 5.73 Å². The third-order valence-electron chi connectivity index (χ3n) is 4.64. The topological polar surface area (TPSA) is 89.3 Å². The van der Waals surface area contributed by atoms with Crippen molar-refractivity contribution in [2.24, 2.45) is 0 Å². The van der Waals surface area contributed by atoms with E-state index >= 15 is 0 Å². The molecule has 5 aromatic rings. The smallest absolute Gasteiger partial charge is 0.165 e. The van der Waals surface area contributed by atoms with Gasteiger partial charge in [0.1, 0.15) is 5.82 Å². The van der Waals surface area contributed by atoms with Crippen LogP contribution in [-0.4, -0.2) is 24.7 Å². The van der Waals surface area contributed by atoms with Crippen molar-refractivity contribution < 1.29 is 9.50 Å². The first-order valence-corrected chi connectivity index (χ1v) is 8.58. The second kappa shape index (κ2) is 6.02. The molecule has 0 radical (unpaired) electrons. The van der Waals surface area contributed by atoms with E-state index in [0.717, 1.165) is 16.5 Å². The van der Waals surface area contributed by atoms with Crippen LogP contribution in [0.4, 0.5) is 10.2 Å². The number of nitrogen functional groups attached to an aromatic ring is 1. The quantitative estimate of drug-likeness (QED) is 0.489. The molecule has 0 saturated carbocycles. The highest BCUT2D eigenvalue weighted by Crippen LogP contribution is 2.30. The average Bonchev–Trinajstić information content (AvgIpc) is 3.14. The fourth-order valence-corrected chi connectivity index (χ4v) is 3.22. The van der Waals surface area contributed by atoms with Gasteiger partial charge in [0.25, 0.3) is 0 Å². The van der Waals surface area contributed by atoms with Gasteiger partial charge in [-0.15, -0.1) is 0 Å². The highest BCUT2D eigenvalue weighted by Gasteiger charge is 2.14. The summed E-state index contributed by atoms with van der Waals surface area (Å²) in [5.41, 5.74) is 10.2. The minimum absolute atomic E-state index is 0.402. The molecule has 5 rings (SSSR count). The largest absolute Gasteiger partial charge is 0.505 e. The predicted molar refractivity (Wildman–Crippen MR) is 105 cm³/mol. The highest BCUT2D eigenvalue weighted by atomic mass is 19.1. The lowest BCUT2D eigenvalue weighted by Gasteiger charge is -2.07. The molecule has 0 spiro atoms. The van der Waals surface area contributed by atoms with E-state index in [4.69, 9.17) is 10.7 Å². The summed E-state index contributed by atoms with van der Waals surface area (Å²) < 4.78 is 15.3. The van der Waals surface area contributed by atoms with Gasteiger partial charge in [-0.25, -0.2) is 9.37 Å². The van der Waals surface area contributed by atoms with Gasteiger partial charge in [0.15, 0.2) is 17.2 Å². The third-order valence-corrected chi connectivity index (χ3v) is 4.64. The lowest BCUT2D eigenvalue weighted by atomic mass is 10.1. The Morgan fingerprint density at radius 3 is 2.68 bits per heavy atom. The number of fused-ring (bicyclic) bond motifs is 2. The van der Waals surface area contributed by atoms with Gasteiger partial charge in [0.2, 0.25) is 0 Å². The second-order valence-corrected chi connectivity index (χ2v) is 6.44. The molecule has 0 unspecified atom stereocenters. The Labute approximate surface area is 158 Å². The first-order valence-electron chi connectivity index (χ1n) is 8.58. The van der Waals surface area contributed by atoms with Crippen molar-refractivity contribution in [3.8, 4) is 28.1 Å². The van der Waals surface area contributed by atoms with Gasteiger partial charge in [-0.3, -0.25) is 4.98 Å². The number of phenols is 1. The van der Waals surface area contributed by atoms with Gasteiger partial charge >= 0.3 is 0 Å². The van der Waals surface area contributed by atoms with Crippen molar-refractivity contribution in [3.63, 3.8) is 0 Å². The molecule has 3 N–H and O–H groups in total. The van der Waals surface area contributed by atoms with Crippen LogP contribution in [-0.2, 0) is 0 Å². The Morgan fingerprint density at radius 2 is 1.82 bits per heavy atom. The summed E-state index contributed by atoms with van der Waals surface area (Å²) in [4.78, 5) is 9.17. The van der Waals surface area contributed by atoms with E-state index in [1.54, 1.807) is 24.5 Å². The third kappa shape index (κ3) is 2.52. The van der Waals surface area contributed by atoms with E-state index < -0.39 is 11.6 Å². The molecule has 0 bridgehead atoms. The van der Waals surface area contributed by atoms with Crippen LogP contribution in [0, 0.1) is 5.82 Å². The maximum Gasteiger partial charge on any atom is 0.165 e. The lowest BCUT2D eigenvalue weighted by Crippen LogP contribution is -2.01. The summed E-state index contributed by atoms with van der Waals surface area (Å²) in [5, 5.41) is 14.7. The molecule has 3 heterocycles. The van der Waals surface area contributed by atoms with Gasteiger partial charge in [-0.2, -0.15) is 9.61 Å². The number of nitrogens with zero attached hydrogens (tertiary/aromatic N) is 4. The van der Waals surface area contributed by atoms with E-state index in [0.29, 0.717) is 28.3 Å². The number of halogens is 1. The Kier molecular flexibility index (Phi) is 3.48. The van der Waals surface area contributed by atoms with Crippen LogP contribution in [0.3, 0.4) is 0 Å². The number of nitrogens with two attached hydrogens (primary N) is 1. The van der Waals surface area contributed by atoms with Crippen LogP contribution in [0.25, 0.3) is 38.9 Å². The zero-order valence-corrected chi connectivity index (χ0v) is 14.5. The number of hydrogen-bond donors (Lipinski definition) is 2. The molecule has 0 fully saturated rings. The molecule has 0 aliphatic heterocycles. The number of rotatable bonds is 2. The van der Waals surface area contributed by atoms with E-state index in [2.05, 4.69) is 10.1 Å². The van der Waals surface area contributed by atoms with E-state index in [9.17, 15) is 9.50 Å². The standard InChI is InChI=1S/C21H14FN5O/c22-16-8-12(5-6-19(16)28)15-11-25-27-20(23)9-18(26-21(15)27)14-7-13-3-1-2-4-17(13)24-10-14/h1-11,28H,23H2. The van der Waals surface area contributed by atoms with Gasteiger partial charge in [-0.05, 0) is 29.8 Å². The van der Waals surface area contributed by atoms with Crippen LogP contribution >= 0.6 is 0 Å². The monoisotopic (exact) mass is 371 g/mol. The Balaban J connectivity index is 1.71. The minimum atomic E-state index is -0.709. The number of benzene rings is 2. The van der Waals surface area contributed by atoms with Crippen molar-refractivity contribution in [1.29, 1.82) is 0 Å². The normalized spacial score (nSPS) is 11.3.